The number of allylic oxidation sites excluding steroid dienone is 6. The van der Waals surface area contributed by atoms with Gasteiger partial charge in [0.2, 0.25) is 5.91 Å². The van der Waals surface area contributed by atoms with Gasteiger partial charge in [-0.05, 0) is 83.5 Å². The van der Waals surface area contributed by atoms with E-state index in [0.29, 0.717) is 19.3 Å². The molecule has 334 valence electrons. The van der Waals surface area contributed by atoms with Crippen molar-refractivity contribution in [2.75, 3.05) is 6.61 Å². The van der Waals surface area contributed by atoms with Crippen molar-refractivity contribution in [3.63, 3.8) is 0 Å². The third-order valence-electron chi connectivity index (χ3n) is 11.2. The molecule has 6 heteroatoms. The standard InChI is InChI=1S/C51H95NO5/c1-4-7-10-13-16-19-22-24-25-27-28-30-33-36-39-42-47(57-51(56)44-41-38-35-32-29-26-23-20-17-14-11-8-5-2)45-50(55)52-48(46-53)49(54)43-40-37-34-31-21-18-15-12-9-6-3/h16,19,24-26,29,47-49,53-54H,4-15,17-18,20-23,27-28,30-46H2,1-3H3,(H,52,55)/b19-16-,25-24-,29-26-. The highest BCUT2D eigenvalue weighted by Crippen LogP contribution is 2.17. The first-order valence-electron chi connectivity index (χ1n) is 24.7. The van der Waals surface area contributed by atoms with Crippen LogP contribution in [0, 0.1) is 0 Å². The first kappa shape index (κ1) is 55.1. The Labute approximate surface area is 353 Å². The van der Waals surface area contributed by atoms with Gasteiger partial charge in [0.05, 0.1) is 25.2 Å². The molecule has 0 saturated heterocycles. The molecule has 0 aromatic rings. The average Bonchev–Trinajstić information content (AvgIpc) is 3.20. The number of nitrogens with one attached hydrogen (secondary N) is 1. The summed E-state index contributed by atoms with van der Waals surface area (Å²) in [6.07, 6.45) is 52.0. The predicted molar refractivity (Wildman–Crippen MR) is 246 cm³/mol. The van der Waals surface area contributed by atoms with Gasteiger partial charge in [0.15, 0.2) is 0 Å². The molecular formula is C51H95NO5. The Morgan fingerprint density at radius 3 is 1.39 bits per heavy atom. The van der Waals surface area contributed by atoms with E-state index in [9.17, 15) is 19.8 Å². The number of hydrogen-bond donors (Lipinski definition) is 3. The Kier molecular flexibility index (Phi) is 43.6. The molecule has 0 heterocycles. The SMILES string of the molecule is CCCCC/C=C\C/C=C\CCCCCCCC(CC(=O)NC(CO)C(O)CCCCCCCCCCCC)OC(=O)CCCCC/C=C\CCCCCCCC. The van der Waals surface area contributed by atoms with Crippen molar-refractivity contribution < 1.29 is 24.5 Å². The second-order valence-corrected chi connectivity index (χ2v) is 16.9. The molecule has 0 radical (unpaired) electrons. The molecule has 0 aliphatic heterocycles. The van der Waals surface area contributed by atoms with E-state index in [-0.39, 0.29) is 24.9 Å². The zero-order chi connectivity index (χ0) is 41.7. The van der Waals surface area contributed by atoms with Gasteiger partial charge >= 0.3 is 5.97 Å². The van der Waals surface area contributed by atoms with Crippen molar-refractivity contribution in [1.82, 2.24) is 5.32 Å². The molecule has 1 amide bonds. The van der Waals surface area contributed by atoms with Crippen molar-refractivity contribution in [3.05, 3.63) is 36.5 Å². The Bertz CT molecular complexity index is 946. The first-order valence-corrected chi connectivity index (χ1v) is 24.7. The molecule has 57 heavy (non-hydrogen) atoms. The lowest BCUT2D eigenvalue weighted by atomic mass is 10.0. The van der Waals surface area contributed by atoms with Gasteiger partial charge < -0.3 is 20.3 Å². The van der Waals surface area contributed by atoms with Crippen LogP contribution in [0.3, 0.4) is 0 Å². The fraction of sp³-hybridized carbons (Fsp3) is 0.843. The summed E-state index contributed by atoms with van der Waals surface area (Å²) in [6, 6.07) is -0.705. The predicted octanol–water partition coefficient (Wildman–Crippen LogP) is 14.5. The van der Waals surface area contributed by atoms with Gasteiger partial charge in [-0.2, -0.15) is 0 Å². The number of ether oxygens (including phenoxy) is 1. The molecule has 3 N–H and O–H groups in total. The third-order valence-corrected chi connectivity index (χ3v) is 11.2. The van der Waals surface area contributed by atoms with Crippen LogP contribution in [0.4, 0.5) is 0 Å². The molecule has 0 saturated carbocycles. The molecule has 0 bridgehead atoms. The maximum Gasteiger partial charge on any atom is 0.306 e. The topological polar surface area (TPSA) is 95.9 Å². The number of carbonyl (C=O) groups excluding carboxylic acids is 2. The van der Waals surface area contributed by atoms with Crippen molar-refractivity contribution >= 4 is 11.9 Å². The van der Waals surface area contributed by atoms with E-state index in [1.807, 2.05) is 0 Å². The average molecular weight is 802 g/mol. The van der Waals surface area contributed by atoms with E-state index < -0.39 is 18.2 Å². The Balaban J connectivity index is 4.64. The van der Waals surface area contributed by atoms with Crippen LogP contribution in [0.15, 0.2) is 36.5 Å². The van der Waals surface area contributed by atoms with Gasteiger partial charge in [0.1, 0.15) is 6.10 Å². The molecule has 0 spiro atoms. The molecule has 6 nitrogen and oxygen atoms in total. The van der Waals surface area contributed by atoms with Crippen LogP contribution in [0.5, 0.6) is 0 Å². The minimum atomic E-state index is -0.791. The zero-order valence-electron chi connectivity index (χ0n) is 38.0. The summed E-state index contributed by atoms with van der Waals surface area (Å²) >= 11 is 0. The summed E-state index contributed by atoms with van der Waals surface area (Å²) in [4.78, 5) is 26.1. The van der Waals surface area contributed by atoms with E-state index in [0.717, 1.165) is 77.0 Å². The number of aliphatic hydroxyl groups is 2. The Morgan fingerprint density at radius 1 is 0.509 bits per heavy atom. The lowest BCUT2D eigenvalue weighted by Gasteiger charge is -2.24. The van der Waals surface area contributed by atoms with Crippen LogP contribution < -0.4 is 5.32 Å². The lowest BCUT2D eigenvalue weighted by Crippen LogP contribution is -2.46. The second kappa shape index (κ2) is 45.2. The summed E-state index contributed by atoms with van der Waals surface area (Å²) in [5.41, 5.74) is 0. The molecule has 3 unspecified atom stereocenters. The highest BCUT2D eigenvalue weighted by atomic mass is 16.5. The maximum atomic E-state index is 13.2. The van der Waals surface area contributed by atoms with Crippen LogP contribution in [0.1, 0.15) is 252 Å². The van der Waals surface area contributed by atoms with Crippen LogP contribution in [-0.2, 0) is 14.3 Å². The Morgan fingerprint density at radius 2 is 0.895 bits per heavy atom. The van der Waals surface area contributed by atoms with Crippen LogP contribution in [-0.4, -0.2) is 46.9 Å². The van der Waals surface area contributed by atoms with Crippen LogP contribution in [0.25, 0.3) is 0 Å². The number of amides is 1. The Hall–Kier alpha value is -1.92. The molecular weight excluding hydrogens is 707 g/mol. The van der Waals surface area contributed by atoms with Crippen molar-refractivity contribution in [3.8, 4) is 0 Å². The van der Waals surface area contributed by atoms with E-state index >= 15 is 0 Å². The number of carbonyl (C=O) groups is 2. The van der Waals surface area contributed by atoms with Gasteiger partial charge in [-0.1, -0.05) is 192 Å². The summed E-state index contributed by atoms with van der Waals surface area (Å²) in [7, 11) is 0. The van der Waals surface area contributed by atoms with Crippen molar-refractivity contribution in [1.29, 1.82) is 0 Å². The molecule has 0 aromatic carbocycles. The first-order chi connectivity index (χ1) is 28.0. The monoisotopic (exact) mass is 802 g/mol. The van der Waals surface area contributed by atoms with Gasteiger partial charge in [-0.3, -0.25) is 9.59 Å². The summed E-state index contributed by atoms with van der Waals surface area (Å²) in [5, 5.41) is 23.7. The third kappa shape index (κ3) is 40.6. The smallest absolute Gasteiger partial charge is 0.306 e. The minimum absolute atomic E-state index is 0.0639. The second-order valence-electron chi connectivity index (χ2n) is 16.9. The largest absolute Gasteiger partial charge is 0.462 e. The van der Waals surface area contributed by atoms with E-state index in [1.165, 1.54) is 128 Å². The fourth-order valence-electron chi connectivity index (χ4n) is 7.40. The number of aliphatic hydroxyl groups excluding tert-OH is 2. The molecule has 0 aromatic heterocycles. The van der Waals surface area contributed by atoms with Gasteiger partial charge in [-0.15, -0.1) is 0 Å². The molecule has 0 fully saturated rings. The molecule has 0 aliphatic rings. The van der Waals surface area contributed by atoms with Gasteiger partial charge in [-0.25, -0.2) is 0 Å². The minimum Gasteiger partial charge on any atom is -0.462 e. The van der Waals surface area contributed by atoms with Crippen molar-refractivity contribution in [2.24, 2.45) is 0 Å². The van der Waals surface area contributed by atoms with E-state index in [1.54, 1.807) is 0 Å². The molecule has 0 aliphatic carbocycles. The number of unbranched alkanes of at least 4 members (excludes halogenated alkanes) is 26. The van der Waals surface area contributed by atoms with Gasteiger partial charge in [0.25, 0.3) is 0 Å². The highest BCUT2D eigenvalue weighted by Gasteiger charge is 2.24. The zero-order valence-corrected chi connectivity index (χ0v) is 38.0. The quantitative estimate of drug-likeness (QED) is 0.0324. The normalized spacial score (nSPS) is 13.6. The summed E-state index contributed by atoms with van der Waals surface area (Å²) in [6.45, 7) is 6.43. The molecule has 3 atom stereocenters. The van der Waals surface area contributed by atoms with Crippen molar-refractivity contribution in [2.45, 2.75) is 270 Å². The van der Waals surface area contributed by atoms with E-state index in [4.69, 9.17) is 4.74 Å². The van der Waals surface area contributed by atoms with Crippen LogP contribution in [0.2, 0.25) is 0 Å². The summed E-state index contributed by atoms with van der Waals surface area (Å²) < 4.78 is 5.91. The number of esters is 1. The summed E-state index contributed by atoms with van der Waals surface area (Å²) in [5.74, 6) is -0.502. The van der Waals surface area contributed by atoms with Crippen LogP contribution >= 0.6 is 0 Å². The lowest BCUT2D eigenvalue weighted by molar-refractivity contribution is -0.151. The molecule has 0 rings (SSSR count). The number of rotatable bonds is 44. The number of hydrogen-bond acceptors (Lipinski definition) is 5. The maximum absolute atomic E-state index is 13.2. The fourth-order valence-corrected chi connectivity index (χ4v) is 7.40. The van der Waals surface area contributed by atoms with Gasteiger partial charge in [0, 0.05) is 6.42 Å². The van der Waals surface area contributed by atoms with E-state index in [2.05, 4.69) is 62.5 Å². The highest BCUT2D eigenvalue weighted by molar-refractivity contribution is 5.77.